The predicted molar refractivity (Wildman–Crippen MR) is 209 cm³/mol. The van der Waals surface area contributed by atoms with Gasteiger partial charge in [0.25, 0.3) is 0 Å². The number of nitrogens with zero attached hydrogens (tertiary/aromatic N) is 2. The van der Waals surface area contributed by atoms with Crippen LogP contribution in [0.2, 0.25) is 0 Å². The van der Waals surface area contributed by atoms with Crippen LogP contribution in [0, 0.1) is 44.8 Å². The summed E-state index contributed by atoms with van der Waals surface area (Å²) in [7, 11) is 0. The first-order chi connectivity index (χ1) is 24.5. The molecule has 2 heterocycles. The Kier molecular flexibility index (Phi) is 13.1. The third-order valence-corrected chi connectivity index (χ3v) is 14.3. The number of carbonyl (C=O) groups is 6. The lowest BCUT2D eigenvalue weighted by molar-refractivity contribution is -0.147. The molecule has 2 aliphatic heterocycles. The second-order valence-corrected chi connectivity index (χ2v) is 20.4. The maximum atomic E-state index is 15.1. The van der Waals surface area contributed by atoms with Crippen LogP contribution in [0.1, 0.15) is 160 Å². The average Bonchev–Trinajstić information content (AvgIpc) is 3.26. The molecule has 4 fully saturated rings. The highest BCUT2D eigenvalue weighted by atomic mass is 16.2. The minimum Gasteiger partial charge on any atom is -0.344 e. The van der Waals surface area contributed by atoms with Crippen molar-refractivity contribution in [1.29, 1.82) is 0 Å². The van der Waals surface area contributed by atoms with Crippen molar-refractivity contribution < 1.29 is 28.8 Å². The smallest absolute Gasteiger partial charge is 0.237 e. The summed E-state index contributed by atoms with van der Waals surface area (Å²) in [5.74, 6) is -2.90. The minimum atomic E-state index is -0.777. The standard InChI is InChI=1S/C44H73N3O6/c1-13-18-29(36(51)34(49)23-28(3)4)24-33(48)32-26-44(42(11,12)43(44)20-17-21-43)27-47(32)39(53)30(40(5,6)7)25-35(50)37(41(8,9)10)45-38(52)31-19-15-16-22-46(31)14-2/h28-32,37H,13-27H2,1-12H3,(H,45,52)/t29-,30-,31-,32+,37-,44-/m1/s1. The number of hydrogen-bond acceptors (Lipinski definition) is 7. The molecule has 0 aromatic rings. The number of carbonyl (C=O) groups excluding carboxylic acids is 6. The van der Waals surface area contributed by atoms with Gasteiger partial charge in [0.05, 0.1) is 18.1 Å². The van der Waals surface area contributed by atoms with Crippen molar-refractivity contribution in [2.45, 2.75) is 178 Å². The molecule has 6 atom stereocenters. The molecule has 2 aliphatic carbocycles. The second kappa shape index (κ2) is 16.0. The lowest BCUT2D eigenvalue weighted by Crippen LogP contribution is -2.57. The zero-order valence-electron chi connectivity index (χ0n) is 35.4. The molecule has 0 aromatic heterocycles. The molecule has 2 saturated carbocycles. The summed E-state index contributed by atoms with van der Waals surface area (Å²) in [4.78, 5) is 88.1. The normalized spacial score (nSPS) is 26.9. The van der Waals surface area contributed by atoms with Crippen molar-refractivity contribution in [2.75, 3.05) is 19.6 Å². The van der Waals surface area contributed by atoms with Crippen LogP contribution in [0.3, 0.4) is 0 Å². The van der Waals surface area contributed by atoms with Gasteiger partial charge in [0, 0.05) is 43.1 Å². The highest BCUT2D eigenvalue weighted by Crippen LogP contribution is 2.88. The third kappa shape index (κ3) is 8.26. The molecule has 0 bridgehead atoms. The van der Waals surface area contributed by atoms with Gasteiger partial charge >= 0.3 is 0 Å². The Morgan fingerprint density at radius 1 is 0.811 bits per heavy atom. The second-order valence-electron chi connectivity index (χ2n) is 20.4. The van der Waals surface area contributed by atoms with E-state index in [0.717, 1.165) is 51.6 Å². The van der Waals surface area contributed by atoms with Gasteiger partial charge in [-0.2, -0.15) is 0 Å². The molecule has 53 heavy (non-hydrogen) atoms. The maximum absolute atomic E-state index is 15.1. The van der Waals surface area contributed by atoms with E-state index in [1.54, 1.807) is 4.90 Å². The van der Waals surface area contributed by atoms with Crippen LogP contribution in [-0.2, 0) is 28.8 Å². The topological polar surface area (TPSA) is 121 Å². The Balaban J connectivity index is 1.64. The van der Waals surface area contributed by atoms with Crippen molar-refractivity contribution in [1.82, 2.24) is 15.1 Å². The first-order valence-corrected chi connectivity index (χ1v) is 21.0. The number of hydrogen-bond donors (Lipinski definition) is 1. The summed E-state index contributed by atoms with van der Waals surface area (Å²) < 4.78 is 0. The fourth-order valence-corrected chi connectivity index (χ4v) is 10.8. The van der Waals surface area contributed by atoms with Crippen molar-refractivity contribution in [3.8, 4) is 0 Å². The van der Waals surface area contributed by atoms with Gasteiger partial charge in [0.2, 0.25) is 17.6 Å². The molecule has 4 aliphatic rings. The largest absolute Gasteiger partial charge is 0.344 e. The molecule has 2 amide bonds. The summed E-state index contributed by atoms with van der Waals surface area (Å²) in [6.07, 6.45) is 7.81. The first kappa shape index (κ1) is 43.3. The Labute approximate surface area is 320 Å². The van der Waals surface area contributed by atoms with Gasteiger partial charge < -0.3 is 10.2 Å². The van der Waals surface area contributed by atoms with Gasteiger partial charge in [0.15, 0.2) is 17.3 Å². The molecular weight excluding hydrogens is 666 g/mol. The van der Waals surface area contributed by atoms with Crippen LogP contribution in [0.4, 0.5) is 0 Å². The number of fused-ring (bicyclic) bond motifs is 1. The van der Waals surface area contributed by atoms with E-state index in [9.17, 15) is 24.0 Å². The third-order valence-electron chi connectivity index (χ3n) is 14.3. The molecule has 2 saturated heterocycles. The van der Waals surface area contributed by atoms with Crippen molar-refractivity contribution >= 4 is 34.9 Å². The van der Waals surface area contributed by atoms with Gasteiger partial charge in [-0.3, -0.25) is 33.7 Å². The number of piperidine rings is 1. The number of nitrogens with one attached hydrogen (secondary N) is 1. The van der Waals surface area contributed by atoms with E-state index in [1.807, 2.05) is 62.3 Å². The van der Waals surface area contributed by atoms with Gasteiger partial charge in [-0.1, -0.05) is 102 Å². The van der Waals surface area contributed by atoms with Crippen molar-refractivity contribution in [3.63, 3.8) is 0 Å². The van der Waals surface area contributed by atoms with E-state index in [2.05, 4.69) is 31.0 Å². The molecule has 0 unspecified atom stereocenters. The quantitative estimate of drug-likeness (QED) is 0.164. The fraction of sp³-hybridized carbons (Fsp3) is 0.864. The SMILES string of the molecule is CCC[C@H](CC(=O)[C@@H]1C[C@@]2(CN1C(=O)[C@@H](CC(=O)[C@@H](NC(=O)[C@H]1CCCCN1CC)C(C)(C)C)C(C)(C)C)C(C)(C)C21CCC1)C(=O)C(=O)CC(C)C. The molecule has 4 rings (SSSR count). The molecular formula is C44H73N3O6. The predicted octanol–water partition coefficient (Wildman–Crippen LogP) is 7.37. The minimum absolute atomic E-state index is 0.0438. The molecule has 9 nitrogen and oxygen atoms in total. The highest BCUT2D eigenvalue weighted by molar-refractivity contribution is 6.38. The maximum Gasteiger partial charge on any atom is 0.237 e. The molecule has 0 aromatic carbocycles. The van der Waals surface area contributed by atoms with Crippen LogP contribution in [0.15, 0.2) is 0 Å². The summed E-state index contributed by atoms with van der Waals surface area (Å²) in [5.41, 5.74) is -1.35. The van der Waals surface area contributed by atoms with E-state index < -0.39 is 46.3 Å². The summed E-state index contributed by atoms with van der Waals surface area (Å²) in [5, 5.41) is 3.14. The van der Waals surface area contributed by atoms with E-state index >= 15 is 4.79 Å². The Hall–Kier alpha value is -2.42. The molecule has 300 valence electrons. The molecule has 2 spiro atoms. The van der Waals surface area contributed by atoms with Crippen molar-refractivity contribution in [2.24, 2.45) is 44.8 Å². The van der Waals surface area contributed by atoms with Crippen LogP contribution in [0.25, 0.3) is 0 Å². The van der Waals surface area contributed by atoms with Gasteiger partial charge in [-0.15, -0.1) is 0 Å². The number of amides is 2. The van der Waals surface area contributed by atoms with E-state index in [-0.39, 0.29) is 70.8 Å². The lowest BCUT2D eigenvalue weighted by atomic mass is 9.73. The van der Waals surface area contributed by atoms with E-state index in [0.29, 0.717) is 25.8 Å². The van der Waals surface area contributed by atoms with Crippen LogP contribution in [-0.4, -0.2) is 82.5 Å². The molecule has 9 heteroatoms. The van der Waals surface area contributed by atoms with Crippen molar-refractivity contribution in [3.05, 3.63) is 0 Å². The average molecular weight is 740 g/mol. The Morgan fingerprint density at radius 3 is 1.94 bits per heavy atom. The zero-order valence-corrected chi connectivity index (χ0v) is 35.4. The zero-order chi connectivity index (χ0) is 39.9. The van der Waals surface area contributed by atoms with E-state index in [1.165, 1.54) is 0 Å². The summed E-state index contributed by atoms with van der Waals surface area (Å²) in [6.45, 7) is 26.3. The summed E-state index contributed by atoms with van der Waals surface area (Å²) >= 11 is 0. The Bertz CT molecular complexity index is 1410. The monoisotopic (exact) mass is 740 g/mol. The number of likely N-dealkylation sites (N-methyl/N-ethyl adjacent to an activating group) is 1. The van der Waals surface area contributed by atoms with Gasteiger partial charge in [-0.05, 0) is 79.2 Å². The number of ketones is 4. The lowest BCUT2D eigenvalue weighted by Gasteiger charge is -2.39. The van der Waals surface area contributed by atoms with Gasteiger partial charge in [-0.25, -0.2) is 0 Å². The van der Waals surface area contributed by atoms with Crippen LogP contribution >= 0.6 is 0 Å². The number of rotatable bonds is 16. The van der Waals surface area contributed by atoms with Gasteiger partial charge in [0.1, 0.15) is 0 Å². The first-order valence-electron chi connectivity index (χ1n) is 21.0. The fourth-order valence-electron chi connectivity index (χ4n) is 10.8. The van der Waals surface area contributed by atoms with E-state index in [4.69, 9.17) is 0 Å². The molecule has 1 N–H and O–H groups in total. The molecule has 0 radical (unpaired) electrons. The Morgan fingerprint density at radius 2 is 1.45 bits per heavy atom. The summed E-state index contributed by atoms with van der Waals surface area (Å²) in [6, 6.07) is -1.76. The van der Waals surface area contributed by atoms with Crippen LogP contribution in [0.5, 0.6) is 0 Å². The number of Topliss-reactive ketones (excluding diaryl/α,β-unsaturated/α-hetero) is 4. The van der Waals surface area contributed by atoms with Crippen LogP contribution < -0.4 is 5.32 Å². The highest BCUT2D eigenvalue weighted by Gasteiger charge is 2.85. The number of likely N-dealkylation sites (tertiary alicyclic amines) is 2.